The van der Waals surface area contributed by atoms with Crippen LogP contribution in [0.2, 0.25) is 0 Å². The van der Waals surface area contributed by atoms with Crippen molar-refractivity contribution in [2.75, 3.05) is 5.73 Å². The minimum Gasteiger partial charge on any atom is -0.397 e. The maximum absolute atomic E-state index is 13.8. The smallest absolute Gasteiger partial charge is 0.266 e. The minimum atomic E-state index is 0.162. The molecule has 158 valence electrons. The second-order valence-corrected chi connectivity index (χ2v) is 10.4. The number of thiophene rings is 1. The third-order valence-corrected chi connectivity index (χ3v) is 7.74. The summed E-state index contributed by atoms with van der Waals surface area (Å²) in [6, 6.07) is 4.90. The van der Waals surface area contributed by atoms with Crippen molar-refractivity contribution in [3.05, 3.63) is 22.7 Å². The molecule has 5 heteroatoms. The fraction of sp³-hybridized carbons (Fsp3) is 0.667. The van der Waals surface area contributed by atoms with Crippen molar-refractivity contribution in [2.45, 2.75) is 96.6 Å². The molecule has 4 rings (SSSR count). The van der Waals surface area contributed by atoms with E-state index >= 15 is 0 Å². The van der Waals surface area contributed by atoms with Crippen LogP contribution in [-0.2, 0) is 6.42 Å². The molecule has 0 atom stereocenters. The number of rotatable bonds is 5. The van der Waals surface area contributed by atoms with Crippen LogP contribution in [0.4, 0.5) is 5.69 Å². The Labute approximate surface area is 178 Å². The van der Waals surface area contributed by atoms with E-state index in [2.05, 4.69) is 30.9 Å². The first kappa shape index (κ1) is 20.6. The molecule has 2 fully saturated rings. The van der Waals surface area contributed by atoms with Gasteiger partial charge in [-0.1, -0.05) is 52.4 Å². The van der Waals surface area contributed by atoms with Gasteiger partial charge in [0.1, 0.15) is 9.71 Å². The zero-order valence-electron chi connectivity index (χ0n) is 18.0. The topological polar surface area (TPSA) is 59.2 Å². The van der Waals surface area contributed by atoms with Crippen molar-refractivity contribution >= 4 is 33.1 Å². The molecule has 0 unspecified atom stereocenters. The summed E-state index contributed by atoms with van der Waals surface area (Å²) < 4.78 is 0. The molecule has 29 heavy (non-hydrogen) atoms. The summed E-state index contributed by atoms with van der Waals surface area (Å²) in [4.78, 5) is 22.5. The van der Waals surface area contributed by atoms with E-state index in [-0.39, 0.29) is 5.91 Å². The predicted octanol–water partition coefficient (Wildman–Crippen LogP) is 6.18. The van der Waals surface area contributed by atoms with Gasteiger partial charge in [-0.3, -0.25) is 4.79 Å². The number of aromatic nitrogens is 1. The molecule has 0 radical (unpaired) electrons. The van der Waals surface area contributed by atoms with Crippen LogP contribution in [0.5, 0.6) is 0 Å². The number of carbonyl (C=O) groups is 1. The number of carbonyl (C=O) groups excluding carboxylic acids is 1. The summed E-state index contributed by atoms with van der Waals surface area (Å²) in [6.45, 7) is 4.41. The van der Waals surface area contributed by atoms with Gasteiger partial charge in [-0.25, -0.2) is 4.98 Å². The molecule has 0 bridgehead atoms. The van der Waals surface area contributed by atoms with E-state index in [1.54, 1.807) is 0 Å². The summed E-state index contributed by atoms with van der Waals surface area (Å²) in [7, 11) is 0. The van der Waals surface area contributed by atoms with E-state index in [1.807, 2.05) is 0 Å². The summed E-state index contributed by atoms with van der Waals surface area (Å²) in [5.74, 6) is 0.723. The summed E-state index contributed by atoms with van der Waals surface area (Å²) in [5.41, 5.74) is 8.23. The summed E-state index contributed by atoms with van der Waals surface area (Å²) >= 11 is 1.50. The largest absolute Gasteiger partial charge is 0.397 e. The van der Waals surface area contributed by atoms with Crippen molar-refractivity contribution in [2.24, 2.45) is 5.92 Å². The van der Waals surface area contributed by atoms with E-state index in [0.717, 1.165) is 48.0 Å². The predicted molar refractivity (Wildman–Crippen MR) is 122 cm³/mol. The monoisotopic (exact) mass is 413 g/mol. The Hall–Kier alpha value is -1.62. The van der Waals surface area contributed by atoms with Crippen LogP contribution in [-0.4, -0.2) is 27.9 Å². The molecule has 2 N–H and O–H groups in total. The standard InChI is InChI=1S/C24H35N3OS/c1-16(2)15-17-13-14-20-21(25)22(29-23(20)26-17)24(28)27(18-9-5-3-6-10-18)19-11-7-4-8-12-19/h13-14,16,18-19H,3-12,15,25H2,1-2H3. The quantitative estimate of drug-likeness (QED) is 0.636. The second-order valence-electron chi connectivity index (χ2n) is 9.39. The highest BCUT2D eigenvalue weighted by Gasteiger charge is 2.34. The normalized spacial score (nSPS) is 19.1. The number of fused-ring (bicyclic) bond motifs is 1. The SMILES string of the molecule is CC(C)Cc1ccc2c(N)c(C(=O)N(C3CCCCC3)C3CCCCC3)sc2n1. The molecule has 4 nitrogen and oxygen atoms in total. The highest BCUT2D eigenvalue weighted by Crippen LogP contribution is 2.37. The Morgan fingerprint density at radius 3 is 2.21 bits per heavy atom. The highest BCUT2D eigenvalue weighted by atomic mass is 32.1. The van der Waals surface area contributed by atoms with Crippen molar-refractivity contribution in [3.8, 4) is 0 Å². The van der Waals surface area contributed by atoms with Gasteiger partial charge >= 0.3 is 0 Å². The zero-order chi connectivity index (χ0) is 20.4. The number of hydrogen-bond donors (Lipinski definition) is 1. The Morgan fingerprint density at radius 2 is 1.66 bits per heavy atom. The molecule has 2 aliphatic rings. The third-order valence-electron chi connectivity index (χ3n) is 6.63. The number of pyridine rings is 1. The van der Waals surface area contributed by atoms with Crippen LogP contribution in [0.15, 0.2) is 12.1 Å². The molecule has 2 aromatic rings. The van der Waals surface area contributed by atoms with Crippen molar-refractivity contribution in [1.82, 2.24) is 9.88 Å². The van der Waals surface area contributed by atoms with Crippen LogP contribution in [0, 0.1) is 5.92 Å². The Balaban J connectivity index is 1.67. The van der Waals surface area contributed by atoms with Crippen molar-refractivity contribution < 1.29 is 4.79 Å². The maximum atomic E-state index is 13.8. The Morgan fingerprint density at radius 1 is 1.07 bits per heavy atom. The molecule has 1 amide bonds. The van der Waals surface area contributed by atoms with Crippen LogP contribution in [0.1, 0.15) is 93.4 Å². The number of amides is 1. The number of anilines is 1. The van der Waals surface area contributed by atoms with Crippen molar-refractivity contribution in [1.29, 1.82) is 0 Å². The first-order valence-electron chi connectivity index (χ1n) is 11.5. The molecule has 2 heterocycles. The second kappa shape index (κ2) is 9.03. The lowest BCUT2D eigenvalue weighted by atomic mass is 9.88. The van der Waals surface area contributed by atoms with Gasteiger partial charge in [0, 0.05) is 23.2 Å². The van der Waals surface area contributed by atoms with Gasteiger partial charge in [0.05, 0.1) is 5.69 Å². The van der Waals surface area contributed by atoms with Gasteiger partial charge in [0.15, 0.2) is 0 Å². The van der Waals surface area contributed by atoms with Gasteiger partial charge in [-0.2, -0.15) is 0 Å². The molecule has 0 aromatic carbocycles. The average molecular weight is 414 g/mol. The van der Waals surface area contributed by atoms with Gasteiger partial charge < -0.3 is 10.6 Å². The lowest BCUT2D eigenvalue weighted by molar-refractivity contribution is 0.0454. The van der Waals surface area contributed by atoms with Crippen LogP contribution in [0.25, 0.3) is 10.2 Å². The van der Waals surface area contributed by atoms with E-state index < -0.39 is 0 Å². The lowest BCUT2D eigenvalue weighted by Gasteiger charge is -2.41. The fourth-order valence-corrected chi connectivity index (χ4v) is 6.25. The minimum absolute atomic E-state index is 0.162. The molecule has 0 saturated heterocycles. The molecular formula is C24H35N3OS. The van der Waals surface area contributed by atoms with E-state index in [0.29, 0.717) is 28.6 Å². The summed E-state index contributed by atoms with van der Waals surface area (Å²) in [6.07, 6.45) is 13.1. The molecule has 2 aromatic heterocycles. The molecule has 2 saturated carbocycles. The highest BCUT2D eigenvalue weighted by molar-refractivity contribution is 7.21. The molecule has 2 aliphatic carbocycles. The van der Waals surface area contributed by atoms with Gasteiger partial charge in [-0.15, -0.1) is 11.3 Å². The lowest BCUT2D eigenvalue weighted by Crippen LogP contribution is -2.48. The Kier molecular flexibility index (Phi) is 6.43. The third kappa shape index (κ3) is 4.45. The molecule has 0 aliphatic heterocycles. The first-order valence-corrected chi connectivity index (χ1v) is 12.4. The van der Waals surface area contributed by atoms with E-state index in [9.17, 15) is 4.79 Å². The summed E-state index contributed by atoms with van der Waals surface area (Å²) in [5, 5.41) is 0.943. The van der Waals surface area contributed by atoms with Crippen LogP contribution in [0.3, 0.4) is 0 Å². The average Bonchev–Trinajstić information content (AvgIpc) is 3.05. The molecule has 0 spiro atoms. The van der Waals surface area contributed by atoms with E-state index in [1.165, 1.54) is 49.9 Å². The van der Waals surface area contributed by atoms with Gasteiger partial charge in [0.2, 0.25) is 0 Å². The van der Waals surface area contributed by atoms with Gasteiger partial charge in [0.25, 0.3) is 5.91 Å². The first-order chi connectivity index (χ1) is 14.0. The van der Waals surface area contributed by atoms with Crippen LogP contribution < -0.4 is 5.73 Å². The van der Waals surface area contributed by atoms with Gasteiger partial charge in [-0.05, 0) is 50.2 Å². The van der Waals surface area contributed by atoms with Crippen LogP contribution >= 0.6 is 11.3 Å². The number of hydrogen-bond acceptors (Lipinski definition) is 4. The zero-order valence-corrected chi connectivity index (χ0v) is 18.8. The Bertz CT molecular complexity index is 829. The fourth-order valence-electron chi connectivity index (χ4n) is 5.19. The van der Waals surface area contributed by atoms with E-state index in [4.69, 9.17) is 10.7 Å². The number of nitrogens with two attached hydrogens (primary N) is 1. The maximum Gasteiger partial charge on any atom is 0.266 e. The number of nitrogen functional groups attached to an aromatic ring is 1. The number of nitrogens with zero attached hydrogens (tertiary/aromatic N) is 2. The van der Waals surface area contributed by atoms with Crippen molar-refractivity contribution in [3.63, 3.8) is 0 Å². The molecular weight excluding hydrogens is 378 g/mol.